The van der Waals surface area contributed by atoms with Crippen LogP contribution in [0.5, 0.6) is 5.75 Å². The topological polar surface area (TPSA) is 69.6 Å². The van der Waals surface area contributed by atoms with Crippen LogP contribution in [0.3, 0.4) is 0 Å². The monoisotopic (exact) mass is 319 g/mol. The highest BCUT2D eigenvalue weighted by Crippen LogP contribution is 2.47. The molecule has 0 saturated heterocycles. The van der Waals surface area contributed by atoms with Crippen LogP contribution in [-0.4, -0.2) is 16.1 Å². The Morgan fingerprint density at radius 3 is 2.58 bits per heavy atom. The molecule has 3 aromatic rings. The van der Waals surface area contributed by atoms with Crippen LogP contribution in [0.15, 0.2) is 48.5 Å². The van der Waals surface area contributed by atoms with Crippen LogP contribution in [-0.2, 0) is 10.4 Å². The van der Waals surface area contributed by atoms with Crippen molar-refractivity contribution in [3.05, 3.63) is 70.8 Å². The van der Waals surface area contributed by atoms with Crippen LogP contribution in [0, 0.1) is 13.8 Å². The summed E-state index contributed by atoms with van der Waals surface area (Å²) in [4.78, 5) is 12.7. The molecule has 24 heavy (non-hydrogen) atoms. The van der Waals surface area contributed by atoms with Gasteiger partial charge in [0.25, 0.3) is 5.91 Å². The van der Waals surface area contributed by atoms with Gasteiger partial charge in [-0.15, -0.1) is 0 Å². The Bertz CT molecular complexity index is 1010. The summed E-state index contributed by atoms with van der Waals surface area (Å²) in [6, 6.07) is 14.4. The fraction of sp³-hybridized carbons (Fsp3) is 0.150. The number of rotatable bonds is 1. The molecule has 0 bridgehead atoms. The minimum atomic E-state index is -1.92. The zero-order valence-electron chi connectivity index (χ0n) is 13.4. The summed E-state index contributed by atoms with van der Waals surface area (Å²) in [7, 11) is 0. The summed E-state index contributed by atoms with van der Waals surface area (Å²) in [6.07, 6.45) is 0. The zero-order valence-corrected chi connectivity index (χ0v) is 13.4. The third-order valence-corrected chi connectivity index (χ3v) is 4.71. The van der Waals surface area contributed by atoms with Gasteiger partial charge in [-0.1, -0.05) is 48.0 Å². The molecule has 0 fully saturated rings. The van der Waals surface area contributed by atoms with Crippen molar-refractivity contribution in [3.8, 4) is 5.75 Å². The zero-order chi connectivity index (χ0) is 17.1. The second kappa shape index (κ2) is 4.82. The maximum absolute atomic E-state index is 12.7. The molecule has 0 aliphatic carbocycles. The first-order chi connectivity index (χ1) is 11.4. The van der Waals surface area contributed by atoms with Crippen LogP contribution < -0.4 is 5.32 Å². The molecular weight excluding hydrogens is 302 g/mol. The van der Waals surface area contributed by atoms with E-state index in [1.165, 1.54) is 6.07 Å². The normalized spacial score (nSPS) is 19.4. The van der Waals surface area contributed by atoms with Crippen LogP contribution in [0.4, 0.5) is 5.69 Å². The van der Waals surface area contributed by atoms with Crippen molar-refractivity contribution in [1.29, 1.82) is 0 Å². The van der Waals surface area contributed by atoms with Crippen molar-refractivity contribution in [2.75, 3.05) is 5.32 Å². The number of carbonyl (C=O) groups excluding carboxylic acids is 1. The van der Waals surface area contributed by atoms with Crippen molar-refractivity contribution in [1.82, 2.24) is 0 Å². The fourth-order valence-electron chi connectivity index (χ4n) is 3.63. The van der Waals surface area contributed by atoms with Gasteiger partial charge in [-0.3, -0.25) is 4.79 Å². The summed E-state index contributed by atoms with van der Waals surface area (Å²) < 4.78 is 0. The molecule has 1 aliphatic heterocycles. The number of hydrogen-bond donors (Lipinski definition) is 3. The average molecular weight is 319 g/mol. The summed E-state index contributed by atoms with van der Waals surface area (Å²) >= 11 is 0. The number of aliphatic hydroxyl groups is 1. The Kier molecular flexibility index (Phi) is 2.96. The van der Waals surface area contributed by atoms with Gasteiger partial charge >= 0.3 is 0 Å². The maximum atomic E-state index is 12.7. The van der Waals surface area contributed by atoms with Crippen molar-refractivity contribution >= 4 is 22.4 Å². The molecule has 0 spiro atoms. The van der Waals surface area contributed by atoms with E-state index in [0.717, 1.165) is 16.5 Å². The predicted molar refractivity (Wildman–Crippen MR) is 93.2 cm³/mol. The molecule has 0 radical (unpaired) electrons. The first kappa shape index (κ1) is 14.7. The second-order valence-electron chi connectivity index (χ2n) is 6.35. The standard InChI is InChI=1S/C20H17NO3/c1-11-9-12(2)18-15(10-11)20(24,19(23)21-18)17-14-6-4-3-5-13(14)7-8-16(17)22/h3-10,22,24H,1-2H3,(H,21,23). The van der Waals surface area contributed by atoms with Crippen LogP contribution >= 0.6 is 0 Å². The molecule has 3 aromatic carbocycles. The molecule has 0 aromatic heterocycles. The van der Waals surface area contributed by atoms with E-state index < -0.39 is 11.5 Å². The maximum Gasteiger partial charge on any atom is 0.266 e. The smallest absolute Gasteiger partial charge is 0.266 e. The van der Waals surface area contributed by atoms with Gasteiger partial charge < -0.3 is 15.5 Å². The summed E-state index contributed by atoms with van der Waals surface area (Å²) in [5, 5.41) is 26.2. The highest BCUT2D eigenvalue weighted by molar-refractivity contribution is 6.10. The molecule has 4 nitrogen and oxygen atoms in total. The van der Waals surface area contributed by atoms with Gasteiger partial charge in [-0.2, -0.15) is 0 Å². The van der Waals surface area contributed by atoms with E-state index in [0.29, 0.717) is 16.6 Å². The van der Waals surface area contributed by atoms with E-state index in [2.05, 4.69) is 5.32 Å². The summed E-state index contributed by atoms with van der Waals surface area (Å²) in [5.41, 5.74) is 1.23. The summed E-state index contributed by atoms with van der Waals surface area (Å²) in [5.74, 6) is -0.642. The molecule has 1 aliphatic rings. The Labute approximate surface area is 139 Å². The second-order valence-corrected chi connectivity index (χ2v) is 6.35. The molecule has 1 amide bonds. The Morgan fingerprint density at radius 2 is 1.79 bits per heavy atom. The molecule has 3 N–H and O–H groups in total. The molecule has 0 saturated carbocycles. The number of hydrogen-bond acceptors (Lipinski definition) is 3. The van der Waals surface area contributed by atoms with Crippen molar-refractivity contribution in [2.24, 2.45) is 0 Å². The highest BCUT2D eigenvalue weighted by atomic mass is 16.3. The Morgan fingerprint density at radius 1 is 1.04 bits per heavy atom. The lowest BCUT2D eigenvalue weighted by atomic mass is 9.83. The summed E-state index contributed by atoms with van der Waals surface area (Å²) in [6.45, 7) is 3.81. The number of nitrogens with one attached hydrogen (secondary N) is 1. The van der Waals surface area contributed by atoms with E-state index in [1.54, 1.807) is 18.2 Å². The lowest BCUT2D eigenvalue weighted by Gasteiger charge is -2.24. The minimum absolute atomic E-state index is 0.0987. The third kappa shape index (κ3) is 1.80. The van der Waals surface area contributed by atoms with Crippen LogP contribution in [0.2, 0.25) is 0 Å². The van der Waals surface area contributed by atoms with E-state index in [-0.39, 0.29) is 11.3 Å². The number of phenols is 1. The van der Waals surface area contributed by atoms with Crippen molar-refractivity contribution in [2.45, 2.75) is 19.4 Å². The third-order valence-electron chi connectivity index (χ3n) is 4.71. The largest absolute Gasteiger partial charge is 0.508 e. The fourth-order valence-corrected chi connectivity index (χ4v) is 3.63. The van der Waals surface area contributed by atoms with Gasteiger partial charge in [-0.25, -0.2) is 0 Å². The average Bonchev–Trinajstić information content (AvgIpc) is 2.80. The van der Waals surface area contributed by atoms with E-state index in [1.807, 2.05) is 38.1 Å². The molecular formula is C20H17NO3. The Hall–Kier alpha value is -2.85. The number of aryl methyl sites for hydroxylation is 2. The van der Waals surface area contributed by atoms with Crippen molar-refractivity contribution < 1.29 is 15.0 Å². The number of anilines is 1. The molecule has 1 atom stereocenters. The van der Waals surface area contributed by atoms with Gasteiger partial charge in [0.15, 0.2) is 0 Å². The highest BCUT2D eigenvalue weighted by Gasteiger charge is 2.49. The van der Waals surface area contributed by atoms with E-state index in [4.69, 9.17) is 0 Å². The van der Waals surface area contributed by atoms with Crippen molar-refractivity contribution in [3.63, 3.8) is 0 Å². The lowest BCUT2D eigenvalue weighted by molar-refractivity contribution is -0.129. The molecule has 1 heterocycles. The van der Waals surface area contributed by atoms with E-state index in [9.17, 15) is 15.0 Å². The quantitative estimate of drug-likeness (QED) is 0.644. The van der Waals surface area contributed by atoms with Crippen LogP contribution in [0.25, 0.3) is 10.8 Å². The molecule has 4 rings (SSSR count). The first-order valence-electron chi connectivity index (χ1n) is 7.79. The molecule has 120 valence electrons. The van der Waals surface area contributed by atoms with Gasteiger partial charge in [0, 0.05) is 11.1 Å². The number of carbonyl (C=O) groups is 1. The number of phenolic OH excluding ortho intramolecular Hbond substituents is 1. The first-order valence-corrected chi connectivity index (χ1v) is 7.79. The van der Waals surface area contributed by atoms with Crippen LogP contribution in [0.1, 0.15) is 22.3 Å². The number of fused-ring (bicyclic) bond motifs is 2. The number of benzene rings is 3. The SMILES string of the molecule is Cc1cc(C)c2c(c1)C(O)(c1c(O)ccc3ccccc13)C(=O)N2. The minimum Gasteiger partial charge on any atom is -0.508 e. The Balaban J connectivity index is 2.12. The van der Waals surface area contributed by atoms with Gasteiger partial charge in [-0.05, 0) is 36.2 Å². The molecule has 1 unspecified atom stereocenters. The number of amides is 1. The van der Waals surface area contributed by atoms with E-state index >= 15 is 0 Å². The van der Waals surface area contributed by atoms with Gasteiger partial charge in [0.2, 0.25) is 5.60 Å². The van der Waals surface area contributed by atoms with Gasteiger partial charge in [0.1, 0.15) is 5.75 Å². The van der Waals surface area contributed by atoms with Gasteiger partial charge in [0.05, 0.1) is 5.69 Å². The lowest BCUT2D eigenvalue weighted by Crippen LogP contribution is -2.35. The predicted octanol–water partition coefficient (Wildman–Crippen LogP) is 3.35. The number of aromatic hydroxyl groups is 1. The molecule has 4 heteroatoms.